The molecule has 26 heavy (non-hydrogen) atoms. The maximum Gasteiger partial charge on any atom is 0.273 e. The molecule has 5 heteroatoms. The highest BCUT2D eigenvalue weighted by atomic mass is 16.5. The van der Waals surface area contributed by atoms with Gasteiger partial charge in [0.25, 0.3) is 5.91 Å². The zero-order chi connectivity index (χ0) is 17.9. The summed E-state index contributed by atoms with van der Waals surface area (Å²) in [6.45, 7) is 6.25. The molecular weight excluding hydrogens is 326 g/mol. The number of nitrogens with one attached hydrogen (secondary N) is 1. The molecule has 2 fully saturated rings. The Bertz CT molecular complexity index is 741. The molecule has 2 aliphatic rings. The Hall–Kier alpha value is -2.14. The Balaban J connectivity index is 1.26. The van der Waals surface area contributed by atoms with Crippen molar-refractivity contribution in [2.75, 3.05) is 13.1 Å². The van der Waals surface area contributed by atoms with E-state index in [4.69, 9.17) is 4.52 Å². The molecular formula is C21H27N3O2. The molecule has 1 N–H and O–H groups in total. The molecule has 0 atom stereocenters. The number of carbonyl (C=O) groups excluding carboxylic acids is 1. The summed E-state index contributed by atoms with van der Waals surface area (Å²) >= 11 is 0. The van der Waals surface area contributed by atoms with Crippen molar-refractivity contribution in [2.24, 2.45) is 5.92 Å². The highest BCUT2D eigenvalue weighted by molar-refractivity contribution is 5.92. The number of nitrogens with zero attached hydrogens (tertiary/aromatic N) is 2. The number of benzene rings is 1. The van der Waals surface area contributed by atoms with Crippen molar-refractivity contribution in [3.8, 4) is 0 Å². The lowest BCUT2D eigenvalue weighted by Crippen LogP contribution is -2.32. The van der Waals surface area contributed by atoms with Gasteiger partial charge >= 0.3 is 0 Å². The maximum absolute atomic E-state index is 12.2. The number of carbonyl (C=O) groups is 1. The summed E-state index contributed by atoms with van der Waals surface area (Å²) in [5.74, 6) is 2.00. The first kappa shape index (κ1) is 17.3. The van der Waals surface area contributed by atoms with Crippen LogP contribution in [0.5, 0.6) is 0 Å². The summed E-state index contributed by atoms with van der Waals surface area (Å²) in [6, 6.07) is 10.3. The molecule has 1 aromatic heterocycles. The second-order valence-corrected chi connectivity index (χ2v) is 7.85. The van der Waals surface area contributed by atoms with Crippen molar-refractivity contribution in [1.29, 1.82) is 0 Å². The average Bonchev–Trinajstić information content (AvgIpc) is 3.39. The highest BCUT2D eigenvalue weighted by Gasteiger charge is 2.28. The van der Waals surface area contributed by atoms with Gasteiger partial charge in [0.15, 0.2) is 5.69 Å². The standard InChI is InChI=1S/C21H27N3O2/c1-15-8-10-24(11-9-15)14-17-4-2-16(3-5-17)13-22-21(25)19-12-20(26-23-19)18-6-7-18/h2-5,12,15,18H,6-11,13-14H2,1H3,(H,22,25). The summed E-state index contributed by atoms with van der Waals surface area (Å²) in [6.07, 6.45) is 4.88. The molecule has 0 radical (unpaired) electrons. The van der Waals surface area contributed by atoms with E-state index in [1.807, 2.05) is 0 Å². The summed E-state index contributed by atoms with van der Waals surface area (Å²) in [5.41, 5.74) is 2.81. The molecule has 1 aromatic carbocycles. The maximum atomic E-state index is 12.2. The fourth-order valence-corrected chi connectivity index (χ4v) is 3.47. The lowest BCUT2D eigenvalue weighted by atomic mass is 9.99. The SMILES string of the molecule is CC1CCN(Cc2ccc(CNC(=O)c3cc(C4CC4)on3)cc2)CC1. The Kier molecular flexibility index (Phi) is 5.07. The van der Waals surface area contributed by atoms with E-state index in [1.165, 1.54) is 31.5 Å². The average molecular weight is 353 g/mol. The van der Waals surface area contributed by atoms with E-state index < -0.39 is 0 Å². The second kappa shape index (κ2) is 7.62. The lowest BCUT2D eigenvalue weighted by molar-refractivity contribution is 0.0941. The molecule has 2 heterocycles. The third-order valence-electron chi connectivity index (χ3n) is 5.50. The molecule has 1 aliphatic carbocycles. The fraction of sp³-hybridized carbons (Fsp3) is 0.524. The largest absolute Gasteiger partial charge is 0.360 e. The number of aromatic nitrogens is 1. The third kappa shape index (κ3) is 4.33. The van der Waals surface area contributed by atoms with Crippen LogP contribution in [0.1, 0.15) is 65.9 Å². The van der Waals surface area contributed by atoms with E-state index in [1.54, 1.807) is 6.07 Å². The van der Waals surface area contributed by atoms with Gasteiger partial charge in [-0.2, -0.15) is 0 Å². The molecule has 2 aromatic rings. The molecule has 1 amide bonds. The molecule has 4 rings (SSSR count). The first-order valence-electron chi connectivity index (χ1n) is 9.72. The molecule has 1 saturated heterocycles. The molecule has 5 nitrogen and oxygen atoms in total. The predicted molar refractivity (Wildman–Crippen MR) is 99.8 cm³/mol. The predicted octanol–water partition coefficient (Wildman–Crippen LogP) is 3.71. The monoisotopic (exact) mass is 353 g/mol. The summed E-state index contributed by atoms with van der Waals surface area (Å²) in [4.78, 5) is 14.7. The van der Waals surface area contributed by atoms with Gasteiger partial charge in [-0.25, -0.2) is 0 Å². The van der Waals surface area contributed by atoms with E-state index in [0.717, 1.165) is 36.6 Å². The van der Waals surface area contributed by atoms with E-state index in [-0.39, 0.29) is 5.91 Å². The van der Waals surface area contributed by atoms with E-state index in [9.17, 15) is 4.79 Å². The quantitative estimate of drug-likeness (QED) is 0.860. The smallest absolute Gasteiger partial charge is 0.273 e. The minimum atomic E-state index is -0.174. The minimum absolute atomic E-state index is 0.174. The van der Waals surface area contributed by atoms with Crippen molar-refractivity contribution in [3.63, 3.8) is 0 Å². The number of hydrogen-bond donors (Lipinski definition) is 1. The second-order valence-electron chi connectivity index (χ2n) is 7.85. The molecule has 0 unspecified atom stereocenters. The summed E-state index contributed by atoms with van der Waals surface area (Å²) < 4.78 is 5.24. The summed E-state index contributed by atoms with van der Waals surface area (Å²) in [7, 11) is 0. The van der Waals surface area contributed by atoms with Crippen molar-refractivity contribution >= 4 is 5.91 Å². The first-order chi connectivity index (χ1) is 12.7. The molecule has 0 bridgehead atoms. The van der Waals surface area contributed by atoms with Gasteiger partial charge in [0.05, 0.1) is 0 Å². The van der Waals surface area contributed by atoms with E-state index >= 15 is 0 Å². The fourth-order valence-electron chi connectivity index (χ4n) is 3.47. The van der Waals surface area contributed by atoms with E-state index in [0.29, 0.717) is 18.2 Å². The molecule has 1 aliphatic heterocycles. The van der Waals surface area contributed by atoms with Crippen LogP contribution >= 0.6 is 0 Å². The lowest BCUT2D eigenvalue weighted by Gasteiger charge is -2.30. The Morgan fingerprint density at radius 1 is 1.15 bits per heavy atom. The van der Waals surface area contributed by atoms with Crippen LogP contribution in [0.2, 0.25) is 0 Å². The van der Waals surface area contributed by atoms with Gasteiger partial charge in [0, 0.05) is 25.1 Å². The van der Waals surface area contributed by atoms with Crippen molar-refractivity contribution in [1.82, 2.24) is 15.4 Å². The van der Waals surface area contributed by atoms with Gasteiger partial charge < -0.3 is 9.84 Å². The van der Waals surface area contributed by atoms with Crippen LogP contribution in [0.25, 0.3) is 0 Å². The zero-order valence-electron chi connectivity index (χ0n) is 15.4. The first-order valence-corrected chi connectivity index (χ1v) is 9.72. The van der Waals surface area contributed by atoms with Gasteiger partial charge in [-0.05, 0) is 55.8 Å². The van der Waals surface area contributed by atoms with Gasteiger partial charge in [-0.15, -0.1) is 0 Å². The van der Waals surface area contributed by atoms with Crippen LogP contribution < -0.4 is 5.32 Å². The van der Waals surface area contributed by atoms with Crippen LogP contribution in [0, 0.1) is 5.92 Å². The third-order valence-corrected chi connectivity index (χ3v) is 5.50. The number of hydrogen-bond acceptors (Lipinski definition) is 4. The Labute approximate surface area is 154 Å². The normalized spacial score (nSPS) is 18.8. The zero-order valence-corrected chi connectivity index (χ0v) is 15.4. The van der Waals surface area contributed by atoms with Crippen LogP contribution in [-0.4, -0.2) is 29.1 Å². The number of rotatable bonds is 6. The van der Waals surface area contributed by atoms with Crippen LogP contribution in [0.15, 0.2) is 34.9 Å². The van der Waals surface area contributed by atoms with Gasteiger partial charge in [-0.3, -0.25) is 9.69 Å². The van der Waals surface area contributed by atoms with Gasteiger partial charge in [0.1, 0.15) is 5.76 Å². The number of amides is 1. The molecule has 0 spiro atoms. The van der Waals surface area contributed by atoms with Crippen LogP contribution in [-0.2, 0) is 13.1 Å². The minimum Gasteiger partial charge on any atom is -0.360 e. The Morgan fingerprint density at radius 2 is 1.85 bits per heavy atom. The van der Waals surface area contributed by atoms with Crippen molar-refractivity contribution in [3.05, 3.63) is 52.9 Å². The highest BCUT2D eigenvalue weighted by Crippen LogP contribution is 2.40. The van der Waals surface area contributed by atoms with Crippen molar-refractivity contribution in [2.45, 2.75) is 51.6 Å². The number of piperidine rings is 1. The van der Waals surface area contributed by atoms with Crippen LogP contribution in [0.3, 0.4) is 0 Å². The molecule has 1 saturated carbocycles. The Morgan fingerprint density at radius 3 is 2.54 bits per heavy atom. The topological polar surface area (TPSA) is 58.4 Å². The van der Waals surface area contributed by atoms with Crippen molar-refractivity contribution < 1.29 is 9.32 Å². The van der Waals surface area contributed by atoms with Gasteiger partial charge in [0.2, 0.25) is 0 Å². The van der Waals surface area contributed by atoms with Gasteiger partial charge in [-0.1, -0.05) is 36.3 Å². The van der Waals surface area contributed by atoms with Crippen LogP contribution in [0.4, 0.5) is 0 Å². The number of likely N-dealkylation sites (tertiary alicyclic amines) is 1. The van der Waals surface area contributed by atoms with E-state index in [2.05, 4.69) is 46.6 Å². The molecule has 138 valence electrons. The summed E-state index contributed by atoms with van der Waals surface area (Å²) in [5, 5.41) is 6.80.